The zero-order valence-corrected chi connectivity index (χ0v) is 15.5. The first kappa shape index (κ1) is 19.6. The molecule has 0 heterocycles. The second kappa shape index (κ2) is 11.0. The fourth-order valence-electron chi connectivity index (χ4n) is 2.37. The van der Waals surface area contributed by atoms with E-state index in [0.29, 0.717) is 11.4 Å². The molecule has 0 saturated carbocycles. The Hall–Kier alpha value is -2.69. The Morgan fingerprint density at radius 1 is 0.846 bits per heavy atom. The van der Waals surface area contributed by atoms with Crippen molar-refractivity contribution in [1.29, 1.82) is 0 Å². The van der Waals surface area contributed by atoms with Gasteiger partial charge >= 0.3 is 0 Å². The first-order valence-electron chi connectivity index (χ1n) is 9.01. The smallest absolute Gasteiger partial charge is 0.262 e. The van der Waals surface area contributed by atoms with E-state index in [1.165, 1.54) is 19.3 Å². The number of ether oxygens (including phenoxy) is 3. The number of amides is 1. The monoisotopic (exact) mass is 357 g/mol. The lowest BCUT2D eigenvalue weighted by Gasteiger charge is -2.09. The number of nitrogens with one attached hydrogen (secondary N) is 1. The average molecular weight is 357 g/mol. The number of hydrogen-bond acceptors (Lipinski definition) is 4. The van der Waals surface area contributed by atoms with Gasteiger partial charge in [0.15, 0.2) is 6.61 Å². The standard InChI is InChI=1S/C21H27NO4/c1-3-4-5-6-15-25-19-9-7-17(8-10-19)22-21(23)16-26-20-13-11-18(24-2)12-14-20/h7-14H,3-6,15-16H2,1-2H3,(H,22,23). The molecule has 0 saturated heterocycles. The Morgan fingerprint density at radius 2 is 1.46 bits per heavy atom. The predicted molar refractivity (Wildman–Crippen MR) is 103 cm³/mol. The molecule has 5 nitrogen and oxygen atoms in total. The molecule has 0 fully saturated rings. The summed E-state index contributed by atoms with van der Waals surface area (Å²) in [5.41, 5.74) is 0.715. The van der Waals surface area contributed by atoms with Gasteiger partial charge in [0, 0.05) is 5.69 Å². The number of anilines is 1. The molecule has 0 bridgehead atoms. The number of methoxy groups -OCH3 is 1. The average Bonchev–Trinajstić information content (AvgIpc) is 2.68. The van der Waals surface area contributed by atoms with Gasteiger partial charge in [0.1, 0.15) is 17.2 Å². The minimum atomic E-state index is -0.214. The van der Waals surface area contributed by atoms with Crippen molar-refractivity contribution < 1.29 is 19.0 Å². The number of rotatable bonds is 11. The van der Waals surface area contributed by atoms with Crippen LogP contribution in [0.1, 0.15) is 32.6 Å². The molecule has 2 aromatic carbocycles. The summed E-state index contributed by atoms with van der Waals surface area (Å²) >= 11 is 0. The maximum Gasteiger partial charge on any atom is 0.262 e. The maximum atomic E-state index is 12.0. The van der Waals surface area contributed by atoms with Crippen molar-refractivity contribution in [2.75, 3.05) is 25.6 Å². The van der Waals surface area contributed by atoms with Crippen LogP contribution in [0.2, 0.25) is 0 Å². The van der Waals surface area contributed by atoms with Crippen molar-refractivity contribution >= 4 is 11.6 Å². The maximum absolute atomic E-state index is 12.0. The Kier molecular flexibility index (Phi) is 8.33. The van der Waals surface area contributed by atoms with E-state index in [1.807, 2.05) is 24.3 Å². The minimum absolute atomic E-state index is 0.0536. The third kappa shape index (κ3) is 7.05. The zero-order chi connectivity index (χ0) is 18.6. The molecule has 2 aromatic rings. The highest BCUT2D eigenvalue weighted by molar-refractivity contribution is 5.91. The van der Waals surface area contributed by atoms with E-state index in [2.05, 4.69) is 12.2 Å². The predicted octanol–water partition coefficient (Wildman–Crippen LogP) is 4.67. The number of hydrogen-bond donors (Lipinski definition) is 1. The Bertz CT molecular complexity index is 653. The van der Waals surface area contributed by atoms with E-state index in [0.717, 1.165) is 24.5 Å². The second-order valence-electron chi connectivity index (χ2n) is 5.95. The Morgan fingerprint density at radius 3 is 2.12 bits per heavy atom. The third-order valence-corrected chi connectivity index (χ3v) is 3.83. The molecule has 0 aromatic heterocycles. The molecule has 0 unspecified atom stereocenters. The fraction of sp³-hybridized carbons (Fsp3) is 0.381. The summed E-state index contributed by atoms with van der Waals surface area (Å²) in [7, 11) is 1.60. The summed E-state index contributed by atoms with van der Waals surface area (Å²) in [6.45, 7) is 2.86. The fourth-order valence-corrected chi connectivity index (χ4v) is 2.37. The van der Waals surface area contributed by atoms with Gasteiger partial charge in [-0.05, 0) is 55.0 Å². The second-order valence-corrected chi connectivity index (χ2v) is 5.95. The van der Waals surface area contributed by atoms with Crippen molar-refractivity contribution in [1.82, 2.24) is 0 Å². The normalized spacial score (nSPS) is 10.2. The van der Waals surface area contributed by atoms with Gasteiger partial charge in [0.2, 0.25) is 0 Å². The van der Waals surface area contributed by atoms with Gasteiger partial charge < -0.3 is 19.5 Å². The number of carbonyl (C=O) groups is 1. The van der Waals surface area contributed by atoms with Crippen molar-refractivity contribution in [3.63, 3.8) is 0 Å². The molecule has 140 valence electrons. The van der Waals surface area contributed by atoms with Gasteiger partial charge in [0.05, 0.1) is 13.7 Å². The van der Waals surface area contributed by atoms with Crippen LogP contribution >= 0.6 is 0 Å². The van der Waals surface area contributed by atoms with Crippen LogP contribution in [0.15, 0.2) is 48.5 Å². The molecule has 1 N–H and O–H groups in total. The van der Waals surface area contributed by atoms with Crippen LogP contribution in [0.3, 0.4) is 0 Å². The Labute approximate surface area is 155 Å². The summed E-state index contributed by atoms with van der Waals surface area (Å²) in [5, 5.41) is 2.80. The van der Waals surface area contributed by atoms with Gasteiger partial charge in [-0.15, -0.1) is 0 Å². The lowest BCUT2D eigenvalue weighted by molar-refractivity contribution is -0.118. The molecule has 2 rings (SSSR count). The van der Waals surface area contributed by atoms with Crippen molar-refractivity contribution in [3.05, 3.63) is 48.5 Å². The summed E-state index contributed by atoms with van der Waals surface area (Å²) in [6, 6.07) is 14.5. The topological polar surface area (TPSA) is 56.8 Å². The highest BCUT2D eigenvalue weighted by Crippen LogP contribution is 2.18. The molecule has 0 spiro atoms. The van der Waals surface area contributed by atoms with Gasteiger partial charge in [0.25, 0.3) is 5.91 Å². The van der Waals surface area contributed by atoms with Gasteiger partial charge in [-0.3, -0.25) is 4.79 Å². The van der Waals surface area contributed by atoms with Crippen LogP contribution in [0, 0.1) is 0 Å². The first-order chi connectivity index (χ1) is 12.7. The van der Waals surface area contributed by atoms with Gasteiger partial charge in [-0.2, -0.15) is 0 Å². The van der Waals surface area contributed by atoms with Crippen molar-refractivity contribution in [2.45, 2.75) is 32.6 Å². The van der Waals surface area contributed by atoms with E-state index in [1.54, 1.807) is 31.4 Å². The zero-order valence-electron chi connectivity index (χ0n) is 15.5. The summed E-state index contributed by atoms with van der Waals surface area (Å²) in [5.74, 6) is 1.96. The van der Waals surface area contributed by atoms with Crippen LogP contribution in [0.4, 0.5) is 5.69 Å². The van der Waals surface area contributed by atoms with E-state index in [4.69, 9.17) is 14.2 Å². The number of unbranched alkanes of at least 4 members (excludes halogenated alkanes) is 3. The van der Waals surface area contributed by atoms with E-state index in [9.17, 15) is 4.79 Å². The Balaban J connectivity index is 1.70. The molecule has 5 heteroatoms. The van der Waals surface area contributed by atoms with E-state index >= 15 is 0 Å². The molecule has 1 amide bonds. The van der Waals surface area contributed by atoms with Crippen LogP contribution in [-0.4, -0.2) is 26.2 Å². The largest absolute Gasteiger partial charge is 0.497 e. The highest BCUT2D eigenvalue weighted by atomic mass is 16.5. The molecule has 0 radical (unpaired) electrons. The number of carbonyl (C=O) groups excluding carboxylic acids is 1. The van der Waals surface area contributed by atoms with Crippen LogP contribution in [0.25, 0.3) is 0 Å². The van der Waals surface area contributed by atoms with E-state index in [-0.39, 0.29) is 12.5 Å². The summed E-state index contributed by atoms with van der Waals surface area (Å²) < 4.78 is 16.2. The van der Waals surface area contributed by atoms with Crippen LogP contribution in [-0.2, 0) is 4.79 Å². The summed E-state index contributed by atoms with van der Waals surface area (Å²) in [6.07, 6.45) is 4.72. The van der Waals surface area contributed by atoms with Crippen molar-refractivity contribution in [2.24, 2.45) is 0 Å². The molecular formula is C21H27NO4. The highest BCUT2D eigenvalue weighted by Gasteiger charge is 2.04. The lowest BCUT2D eigenvalue weighted by Crippen LogP contribution is -2.20. The first-order valence-corrected chi connectivity index (χ1v) is 9.01. The number of benzene rings is 2. The quantitative estimate of drug-likeness (QED) is 0.594. The van der Waals surface area contributed by atoms with E-state index < -0.39 is 0 Å². The molecule has 0 atom stereocenters. The molecule has 0 aliphatic heterocycles. The van der Waals surface area contributed by atoms with Crippen molar-refractivity contribution in [3.8, 4) is 17.2 Å². The third-order valence-electron chi connectivity index (χ3n) is 3.83. The van der Waals surface area contributed by atoms with Crippen LogP contribution < -0.4 is 19.5 Å². The summed E-state index contributed by atoms with van der Waals surface area (Å²) in [4.78, 5) is 12.0. The molecule has 0 aliphatic carbocycles. The van der Waals surface area contributed by atoms with Crippen LogP contribution in [0.5, 0.6) is 17.2 Å². The lowest BCUT2D eigenvalue weighted by atomic mass is 10.2. The molecule has 0 aliphatic rings. The van der Waals surface area contributed by atoms with Gasteiger partial charge in [-0.1, -0.05) is 26.2 Å². The minimum Gasteiger partial charge on any atom is -0.497 e. The molecule has 26 heavy (non-hydrogen) atoms. The van der Waals surface area contributed by atoms with Gasteiger partial charge in [-0.25, -0.2) is 0 Å². The SMILES string of the molecule is CCCCCCOc1ccc(NC(=O)COc2ccc(OC)cc2)cc1. The molecular weight excluding hydrogens is 330 g/mol.